The summed E-state index contributed by atoms with van der Waals surface area (Å²) in [6, 6.07) is 7.64. The summed E-state index contributed by atoms with van der Waals surface area (Å²) >= 11 is 0. The molecular weight excluding hydrogens is 344 g/mol. The van der Waals surface area contributed by atoms with Crippen LogP contribution >= 0.6 is 0 Å². The van der Waals surface area contributed by atoms with Gasteiger partial charge in [0.1, 0.15) is 5.75 Å². The highest BCUT2D eigenvalue weighted by Crippen LogP contribution is 2.21. The number of carbonyl (C=O) groups is 2. The van der Waals surface area contributed by atoms with Gasteiger partial charge in [-0.1, -0.05) is 13.3 Å². The highest BCUT2D eigenvalue weighted by Gasteiger charge is 2.26. The summed E-state index contributed by atoms with van der Waals surface area (Å²) in [4.78, 5) is 28.1. The van der Waals surface area contributed by atoms with Crippen LogP contribution in [0, 0.1) is 0 Å². The van der Waals surface area contributed by atoms with Crippen molar-refractivity contribution in [3.63, 3.8) is 0 Å². The van der Waals surface area contributed by atoms with E-state index < -0.39 is 0 Å². The number of hydrogen-bond acceptors (Lipinski definition) is 4. The van der Waals surface area contributed by atoms with E-state index in [0.29, 0.717) is 31.7 Å². The molecule has 7 heteroatoms. The lowest BCUT2D eigenvalue weighted by Crippen LogP contribution is -2.50. The van der Waals surface area contributed by atoms with Crippen molar-refractivity contribution in [2.45, 2.75) is 26.7 Å². The molecule has 1 aliphatic rings. The molecule has 1 fully saturated rings. The monoisotopic (exact) mass is 370 g/mol. The van der Waals surface area contributed by atoms with Crippen LogP contribution in [0.15, 0.2) is 30.5 Å². The standard InChI is InChI=1S/C20H26N4O3/c1-4-5-19-18(20(26)23-12-10-22(11-13-23)15(2)25)14-21-24(19)16-6-8-17(27-3)9-7-16/h6-9,14H,4-5,10-13H2,1-3H3. The summed E-state index contributed by atoms with van der Waals surface area (Å²) in [6.45, 7) is 5.92. The van der Waals surface area contributed by atoms with E-state index in [2.05, 4.69) is 12.0 Å². The number of carbonyl (C=O) groups excluding carboxylic acids is 2. The zero-order valence-electron chi connectivity index (χ0n) is 16.1. The van der Waals surface area contributed by atoms with Gasteiger partial charge >= 0.3 is 0 Å². The number of ether oxygens (including phenoxy) is 1. The Hall–Kier alpha value is -2.83. The number of piperazine rings is 1. The normalized spacial score (nSPS) is 14.3. The summed E-state index contributed by atoms with van der Waals surface area (Å²) in [5.74, 6) is 0.824. The molecule has 0 bridgehead atoms. The number of methoxy groups -OCH3 is 1. The van der Waals surface area contributed by atoms with E-state index >= 15 is 0 Å². The Morgan fingerprint density at radius 3 is 2.26 bits per heavy atom. The second-order valence-electron chi connectivity index (χ2n) is 6.66. The first-order valence-corrected chi connectivity index (χ1v) is 9.31. The number of nitrogens with zero attached hydrogens (tertiary/aromatic N) is 4. The van der Waals surface area contributed by atoms with Gasteiger partial charge in [0.05, 0.1) is 30.3 Å². The fourth-order valence-electron chi connectivity index (χ4n) is 3.37. The van der Waals surface area contributed by atoms with E-state index in [1.54, 1.807) is 25.1 Å². The van der Waals surface area contributed by atoms with Crippen LogP contribution < -0.4 is 4.74 Å². The Bertz CT molecular complexity index is 805. The van der Waals surface area contributed by atoms with E-state index in [0.717, 1.165) is 30.0 Å². The molecule has 0 saturated carbocycles. The fourth-order valence-corrected chi connectivity index (χ4v) is 3.37. The van der Waals surface area contributed by atoms with Crippen molar-refractivity contribution >= 4 is 11.8 Å². The van der Waals surface area contributed by atoms with Crippen LogP contribution in [0.25, 0.3) is 5.69 Å². The maximum absolute atomic E-state index is 13.1. The molecule has 0 aliphatic carbocycles. The van der Waals surface area contributed by atoms with E-state index in [9.17, 15) is 9.59 Å². The van der Waals surface area contributed by atoms with E-state index in [1.807, 2.05) is 33.8 Å². The van der Waals surface area contributed by atoms with Gasteiger partial charge in [-0.25, -0.2) is 4.68 Å². The molecule has 2 amide bonds. The van der Waals surface area contributed by atoms with Gasteiger partial charge in [0.15, 0.2) is 0 Å². The summed E-state index contributed by atoms with van der Waals surface area (Å²) in [5, 5.41) is 4.48. The van der Waals surface area contributed by atoms with Crippen LogP contribution in [0.3, 0.4) is 0 Å². The first-order chi connectivity index (χ1) is 13.0. The minimum atomic E-state index is -0.0126. The molecule has 1 aliphatic heterocycles. The van der Waals surface area contributed by atoms with Crippen molar-refractivity contribution in [1.29, 1.82) is 0 Å². The minimum absolute atomic E-state index is 0.0126. The van der Waals surface area contributed by atoms with Gasteiger partial charge < -0.3 is 14.5 Å². The first-order valence-electron chi connectivity index (χ1n) is 9.31. The summed E-state index contributed by atoms with van der Waals surface area (Å²) < 4.78 is 7.05. The molecule has 0 spiro atoms. The number of benzene rings is 1. The number of rotatable bonds is 5. The van der Waals surface area contributed by atoms with Crippen molar-refractivity contribution in [3.05, 3.63) is 41.7 Å². The third-order valence-corrected chi connectivity index (χ3v) is 4.92. The number of aromatic nitrogens is 2. The quantitative estimate of drug-likeness (QED) is 0.809. The molecular formula is C20H26N4O3. The highest BCUT2D eigenvalue weighted by molar-refractivity contribution is 5.95. The highest BCUT2D eigenvalue weighted by atomic mass is 16.5. The summed E-state index contributed by atoms with van der Waals surface area (Å²) in [5.41, 5.74) is 2.46. The molecule has 0 atom stereocenters. The third-order valence-electron chi connectivity index (χ3n) is 4.92. The molecule has 2 heterocycles. The molecule has 3 rings (SSSR count). The molecule has 7 nitrogen and oxygen atoms in total. The fraction of sp³-hybridized carbons (Fsp3) is 0.450. The van der Waals surface area contributed by atoms with E-state index in [4.69, 9.17) is 4.74 Å². The Labute approximate surface area is 159 Å². The van der Waals surface area contributed by atoms with Crippen molar-refractivity contribution in [2.75, 3.05) is 33.3 Å². The van der Waals surface area contributed by atoms with E-state index in [-0.39, 0.29) is 11.8 Å². The predicted octanol–water partition coefficient (Wildman–Crippen LogP) is 2.14. The van der Waals surface area contributed by atoms with Gasteiger partial charge in [-0.15, -0.1) is 0 Å². The van der Waals surface area contributed by atoms with Crippen LogP contribution in [-0.2, 0) is 11.2 Å². The Balaban J connectivity index is 1.84. The third kappa shape index (κ3) is 3.97. The lowest BCUT2D eigenvalue weighted by molar-refractivity contribution is -0.130. The zero-order valence-corrected chi connectivity index (χ0v) is 16.1. The minimum Gasteiger partial charge on any atom is -0.497 e. The molecule has 2 aromatic rings. The van der Waals surface area contributed by atoms with Gasteiger partial charge in [-0.3, -0.25) is 9.59 Å². The Morgan fingerprint density at radius 2 is 1.70 bits per heavy atom. The first kappa shape index (κ1) is 18.9. The maximum Gasteiger partial charge on any atom is 0.257 e. The molecule has 1 saturated heterocycles. The van der Waals surface area contributed by atoms with E-state index in [1.165, 1.54) is 0 Å². The van der Waals surface area contributed by atoms with Crippen LogP contribution in [0.1, 0.15) is 36.3 Å². The van der Waals surface area contributed by atoms with Crippen molar-refractivity contribution in [2.24, 2.45) is 0 Å². The Kier molecular flexibility index (Phi) is 5.78. The van der Waals surface area contributed by atoms with Crippen LogP contribution in [0.5, 0.6) is 5.75 Å². The summed E-state index contributed by atoms with van der Waals surface area (Å²) in [6.07, 6.45) is 3.34. The van der Waals surface area contributed by atoms with Gasteiger partial charge in [-0.2, -0.15) is 5.10 Å². The summed E-state index contributed by atoms with van der Waals surface area (Å²) in [7, 11) is 1.63. The number of hydrogen-bond donors (Lipinski definition) is 0. The molecule has 1 aromatic carbocycles. The molecule has 1 aromatic heterocycles. The van der Waals surface area contributed by atoms with Crippen molar-refractivity contribution in [3.8, 4) is 11.4 Å². The second kappa shape index (κ2) is 8.24. The average Bonchev–Trinajstić information content (AvgIpc) is 3.11. The van der Waals surface area contributed by atoms with Gasteiger partial charge in [-0.05, 0) is 30.7 Å². The molecule has 0 N–H and O–H groups in total. The average molecular weight is 370 g/mol. The van der Waals surface area contributed by atoms with Crippen LogP contribution in [0.2, 0.25) is 0 Å². The predicted molar refractivity (Wildman–Crippen MR) is 102 cm³/mol. The SMILES string of the molecule is CCCc1c(C(=O)N2CCN(C(C)=O)CC2)cnn1-c1ccc(OC)cc1. The Morgan fingerprint density at radius 1 is 1.07 bits per heavy atom. The lowest BCUT2D eigenvalue weighted by atomic mass is 10.1. The molecule has 0 unspecified atom stereocenters. The van der Waals surface area contributed by atoms with Crippen LogP contribution in [-0.4, -0.2) is 64.7 Å². The van der Waals surface area contributed by atoms with Crippen molar-refractivity contribution in [1.82, 2.24) is 19.6 Å². The second-order valence-corrected chi connectivity index (χ2v) is 6.66. The zero-order chi connectivity index (χ0) is 19.4. The topological polar surface area (TPSA) is 67.7 Å². The largest absolute Gasteiger partial charge is 0.497 e. The van der Waals surface area contributed by atoms with Gasteiger partial charge in [0, 0.05) is 33.1 Å². The maximum atomic E-state index is 13.1. The smallest absolute Gasteiger partial charge is 0.257 e. The molecule has 144 valence electrons. The molecule has 27 heavy (non-hydrogen) atoms. The molecule has 0 radical (unpaired) electrons. The number of amides is 2. The van der Waals surface area contributed by atoms with Crippen molar-refractivity contribution < 1.29 is 14.3 Å². The lowest BCUT2D eigenvalue weighted by Gasteiger charge is -2.34. The van der Waals surface area contributed by atoms with Gasteiger partial charge in [0.2, 0.25) is 5.91 Å². The van der Waals surface area contributed by atoms with Gasteiger partial charge in [0.25, 0.3) is 5.91 Å². The van der Waals surface area contributed by atoms with Crippen LogP contribution in [0.4, 0.5) is 0 Å².